The zero-order valence-electron chi connectivity index (χ0n) is 15.7. The molecule has 2 rings (SSSR count). The zero-order valence-corrected chi connectivity index (χ0v) is 16.5. The molecule has 30 heavy (non-hydrogen) atoms. The number of nitro groups is 1. The van der Waals surface area contributed by atoms with Crippen LogP contribution in [0.25, 0.3) is 0 Å². The lowest BCUT2D eigenvalue weighted by molar-refractivity contribution is -0.384. The second-order valence-corrected chi connectivity index (χ2v) is 7.19. The highest BCUT2D eigenvalue weighted by Gasteiger charge is 2.26. The van der Waals surface area contributed by atoms with Crippen molar-refractivity contribution in [3.05, 3.63) is 52.6 Å². The molecule has 13 heteroatoms. The van der Waals surface area contributed by atoms with E-state index in [2.05, 4.69) is 15.5 Å². The molecule has 0 aliphatic heterocycles. The number of nitrogens with zero attached hydrogens (tertiary/aromatic N) is 3. The van der Waals surface area contributed by atoms with E-state index in [1.54, 1.807) is 0 Å². The number of ketones is 1. The third-order valence-electron chi connectivity index (χ3n) is 3.71. The van der Waals surface area contributed by atoms with Gasteiger partial charge in [-0.15, -0.1) is 0 Å². The number of hydrogen-bond donors (Lipinski definition) is 2. The van der Waals surface area contributed by atoms with Gasteiger partial charge in [-0.05, 0) is 25.1 Å². The van der Waals surface area contributed by atoms with Gasteiger partial charge in [-0.25, -0.2) is 0 Å². The van der Waals surface area contributed by atoms with E-state index in [9.17, 15) is 32.7 Å². The van der Waals surface area contributed by atoms with Gasteiger partial charge in [0.2, 0.25) is 6.04 Å². The molecule has 12 nitrogen and oxygen atoms in total. The van der Waals surface area contributed by atoms with Crippen LogP contribution < -0.4 is 10.1 Å². The number of benzene rings is 2. The van der Waals surface area contributed by atoms with E-state index >= 15 is 0 Å². The van der Waals surface area contributed by atoms with Crippen LogP contribution in [0, 0.1) is 10.1 Å². The molecule has 1 unspecified atom stereocenters. The summed E-state index contributed by atoms with van der Waals surface area (Å²) in [7, 11) is -3.38. The Balaban J connectivity index is 2.33. The van der Waals surface area contributed by atoms with Crippen molar-refractivity contribution in [2.75, 3.05) is 12.4 Å². The first kappa shape index (κ1) is 22.6. The van der Waals surface area contributed by atoms with Crippen LogP contribution >= 0.6 is 0 Å². The predicted octanol–water partition coefficient (Wildman–Crippen LogP) is 2.53. The zero-order chi connectivity index (χ0) is 22.5. The van der Waals surface area contributed by atoms with Gasteiger partial charge in [0.05, 0.1) is 23.8 Å². The van der Waals surface area contributed by atoms with Crippen molar-refractivity contribution in [1.82, 2.24) is 0 Å². The smallest absolute Gasteiger partial charge is 0.296 e. The van der Waals surface area contributed by atoms with Crippen LogP contribution in [0.4, 0.5) is 17.1 Å². The van der Waals surface area contributed by atoms with Crippen LogP contribution in [0.5, 0.6) is 5.75 Å². The number of carbonyl (C=O) groups is 2. The van der Waals surface area contributed by atoms with Crippen LogP contribution in [0.3, 0.4) is 0 Å². The fraction of sp³-hybridized carbons (Fsp3) is 0.176. The fourth-order valence-corrected chi connectivity index (χ4v) is 2.94. The summed E-state index contributed by atoms with van der Waals surface area (Å²) in [5, 5.41) is 20.5. The van der Waals surface area contributed by atoms with Crippen LogP contribution in [0.15, 0.2) is 57.6 Å². The molecule has 1 atom stereocenters. The minimum absolute atomic E-state index is 0.00706. The highest BCUT2D eigenvalue weighted by atomic mass is 32.2. The van der Waals surface area contributed by atoms with Gasteiger partial charge >= 0.3 is 0 Å². The van der Waals surface area contributed by atoms with Gasteiger partial charge in [-0.3, -0.25) is 24.3 Å². The SMILES string of the molecule is COc1cc([N+](=O)[O-])ccc1/N=N/C(C(C)=O)C(=O)Nc1ccccc1S(=O)(=O)O. The first-order valence-corrected chi connectivity index (χ1v) is 9.59. The average molecular weight is 436 g/mol. The number of hydrogen-bond acceptors (Lipinski definition) is 9. The molecule has 2 aromatic rings. The Morgan fingerprint density at radius 1 is 1.23 bits per heavy atom. The summed E-state index contributed by atoms with van der Waals surface area (Å²) in [4.78, 5) is 34.0. The highest BCUT2D eigenvalue weighted by Crippen LogP contribution is 2.32. The Morgan fingerprint density at radius 3 is 2.47 bits per heavy atom. The van der Waals surface area contributed by atoms with Crippen molar-refractivity contribution >= 4 is 38.9 Å². The molecule has 2 aromatic carbocycles. The van der Waals surface area contributed by atoms with Crippen molar-refractivity contribution < 1.29 is 32.2 Å². The number of non-ortho nitro benzene ring substituents is 1. The Hall–Kier alpha value is -3.71. The normalized spacial score (nSPS) is 12.4. The Kier molecular flexibility index (Phi) is 6.92. The summed E-state index contributed by atoms with van der Waals surface area (Å²) < 4.78 is 37.1. The minimum atomic E-state index is -4.63. The monoisotopic (exact) mass is 436 g/mol. The summed E-state index contributed by atoms with van der Waals surface area (Å²) in [5.41, 5.74) is -0.478. The third-order valence-corrected chi connectivity index (χ3v) is 4.62. The number of nitro benzene ring substituents is 1. The van der Waals surface area contributed by atoms with Gasteiger partial charge in [-0.2, -0.15) is 18.6 Å². The van der Waals surface area contributed by atoms with Gasteiger partial charge < -0.3 is 10.1 Å². The first-order valence-electron chi connectivity index (χ1n) is 8.15. The van der Waals surface area contributed by atoms with Gasteiger partial charge in [0.25, 0.3) is 21.7 Å². The molecule has 1 amide bonds. The summed E-state index contributed by atoms with van der Waals surface area (Å²) >= 11 is 0. The molecule has 0 radical (unpaired) electrons. The number of carbonyl (C=O) groups excluding carboxylic acids is 2. The number of azo groups is 1. The maximum absolute atomic E-state index is 12.5. The molecule has 0 spiro atoms. The minimum Gasteiger partial charge on any atom is -0.494 e. The molecule has 0 aliphatic carbocycles. The Labute approximate surface area is 170 Å². The van der Waals surface area contributed by atoms with E-state index < -0.39 is 37.7 Å². The lowest BCUT2D eigenvalue weighted by atomic mass is 10.2. The van der Waals surface area contributed by atoms with E-state index in [0.717, 1.165) is 25.1 Å². The van der Waals surface area contributed by atoms with Crippen molar-refractivity contribution in [3.63, 3.8) is 0 Å². The number of para-hydroxylation sites is 1. The number of ether oxygens (including phenoxy) is 1. The van der Waals surface area contributed by atoms with Crippen molar-refractivity contribution in [2.45, 2.75) is 17.9 Å². The number of nitrogens with one attached hydrogen (secondary N) is 1. The summed E-state index contributed by atoms with van der Waals surface area (Å²) in [6.07, 6.45) is 0. The molecule has 0 saturated carbocycles. The number of amides is 1. The predicted molar refractivity (Wildman–Crippen MR) is 104 cm³/mol. The second kappa shape index (κ2) is 9.19. The molecule has 0 aliphatic rings. The molecule has 0 bridgehead atoms. The average Bonchev–Trinajstić information content (AvgIpc) is 2.67. The number of rotatable bonds is 8. The Bertz CT molecular complexity index is 1130. The number of methoxy groups -OCH3 is 1. The highest BCUT2D eigenvalue weighted by molar-refractivity contribution is 7.86. The van der Waals surface area contributed by atoms with Crippen LogP contribution in [0.2, 0.25) is 0 Å². The molecule has 0 fully saturated rings. The molecule has 0 aromatic heterocycles. The van der Waals surface area contributed by atoms with E-state index in [-0.39, 0.29) is 22.8 Å². The van der Waals surface area contributed by atoms with Crippen LogP contribution in [0.1, 0.15) is 6.92 Å². The summed E-state index contributed by atoms with van der Waals surface area (Å²) in [6.45, 7) is 1.07. The largest absolute Gasteiger partial charge is 0.494 e. The van der Waals surface area contributed by atoms with Crippen LogP contribution in [-0.4, -0.2) is 42.7 Å². The van der Waals surface area contributed by atoms with Crippen LogP contribution in [-0.2, 0) is 19.7 Å². The van der Waals surface area contributed by atoms with E-state index in [1.807, 2.05) is 0 Å². The lowest BCUT2D eigenvalue weighted by Crippen LogP contribution is -2.32. The number of anilines is 1. The standard InChI is InChI=1S/C17H16N4O8S/c1-10(22)16(17(23)18-13-5-3-4-6-15(13)30(26,27)28)20-19-12-8-7-11(21(24)25)9-14(12)29-2/h3-9,16H,1-2H3,(H,18,23)(H,26,27,28)/b20-19+. The fourth-order valence-electron chi connectivity index (χ4n) is 2.30. The molecular formula is C17H16N4O8S. The van der Waals surface area contributed by atoms with Crippen molar-refractivity contribution in [2.24, 2.45) is 10.2 Å². The molecule has 2 N–H and O–H groups in total. The summed E-state index contributed by atoms with van der Waals surface area (Å²) in [6, 6.07) is 6.84. The van der Waals surface area contributed by atoms with Gasteiger partial charge in [0.15, 0.2) is 11.5 Å². The van der Waals surface area contributed by atoms with E-state index in [4.69, 9.17) is 4.74 Å². The molecule has 0 saturated heterocycles. The molecule has 158 valence electrons. The van der Waals surface area contributed by atoms with Gasteiger partial charge in [0, 0.05) is 6.07 Å². The summed E-state index contributed by atoms with van der Waals surface area (Å²) in [5.74, 6) is -1.71. The Morgan fingerprint density at radius 2 is 1.90 bits per heavy atom. The van der Waals surface area contributed by atoms with Gasteiger partial charge in [-0.1, -0.05) is 12.1 Å². The lowest BCUT2D eigenvalue weighted by Gasteiger charge is -2.12. The van der Waals surface area contributed by atoms with E-state index in [0.29, 0.717) is 0 Å². The second-order valence-electron chi connectivity index (χ2n) is 5.80. The topological polar surface area (TPSA) is 178 Å². The quantitative estimate of drug-likeness (QED) is 0.208. The third kappa shape index (κ3) is 5.42. The first-order chi connectivity index (χ1) is 14.0. The molecule has 0 heterocycles. The van der Waals surface area contributed by atoms with Gasteiger partial charge in [0.1, 0.15) is 10.6 Å². The van der Waals surface area contributed by atoms with Crippen molar-refractivity contribution in [1.29, 1.82) is 0 Å². The maximum Gasteiger partial charge on any atom is 0.296 e. The maximum atomic E-state index is 12.5. The van der Waals surface area contributed by atoms with E-state index in [1.165, 1.54) is 31.4 Å². The number of Topliss-reactive ketones (excluding diaryl/α,β-unsaturated/α-hetero) is 1. The molecular weight excluding hydrogens is 420 g/mol. The van der Waals surface area contributed by atoms with Crippen molar-refractivity contribution in [3.8, 4) is 5.75 Å².